The summed E-state index contributed by atoms with van der Waals surface area (Å²) in [6, 6.07) is 23.8. The minimum absolute atomic E-state index is 0.000161. The van der Waals surface area contributed by atoms with Crippen LogP contribution in [0.4, 0.5) is 94.3 Å². The van der Waals surface area contributed by atoms with Gasteiger partial charge in [-0.25, -0.2) is 0 Å². The highest BCUT2D eigenvalue weighted by Crippen LogP contribution is 2.39. The van der Waals surface area contributed by atoms with Gasteiger partial charge in [0, 0.05) is 127 Å². The van der Waals surface area contributed by atoms with Crippen LogP contribution in [0.1, 0.15) is 126 Å². The van der Waals surface area contributed by atoms with Gasteiger partial charge in [-0.1, -0.05) is 76.6 Å². The van der Waals surface area contributed by atoms with Crippen LogP contribution in [0.5, 0.6) is 0 Å². The Kier molecular flexibility index (Phi) is 31.0. The van der Waals surface area contributed by atoms with Crippen molar-refractivity contribution in [1.29, 1.82) is 0 Å². The Morgan fingerprint density at radius 2 is 0.689 bits per heavy atom. The van der Waals surface area contributed by atoms with Crippen molar-refractivity contribution in [3.05, 3.63) is 247 Å². The number of alkyl halides is 16. The molecule has 0 aliphatic heterocycles. The van der Waals surface area contributed by atoms with Crippen LogP contribution >= 0.6 is 15.9 Å². The Hall–Kier alpha value is -11.0. The van der Waals surface area contributed by atoms with Crippen molar-refractivity contribution < 1.29 is 128 Å². The molecule has 0 spiro atoms. The number of anilines is 2. The molecule has 103 heavy (non-hydrogen) atoms. The summed E-state index contributed by atoms with van der Waals surface area (Å²) in [7, 11) is 0. The summed E-state index contributed by atoms with van der Waals surface area (Å²) >= 11 is 2.89. The zero-order valence-corrected chi connectivity index (χ0v) is 55.7. The maximum absolute atomic E-state index is 13.3. The van der Waals surface area contributed by atoms with Crippen LogP contribution in [0.25, 0.3) is 0 Å². The average molecular weight is 1540 g/mol. The number of ketones is 2. The second-order valence-corrected chi connectivity index (χ2v) is 21.9. The second-order valence-electron chi connectivity index (χ2n) is 21.4. The number of halogens is 16. The number of nitrogens with two attached hydrogens (primary N) is 2. The number of nitrogens with zero attached hydrogens (tertiary/aromatic N) is 3. The van der Waals surface area contributed by atoms with Gasteiger partial charge in [-0.15, -0.1) is 0 Å². The number of nitrogen functional groups attached to an aromatic ring is 2. The molecular formula is C66H57BrF15N5O16. The SMILES string of the molecule is CC(=O)OCc1ccc(CC(=O)c2ccc(C)c(N)c2)cc1C(F)(F)F.CC(=O)OCc1ccc(CC(=O)c2ccc(C)c([N+](=O)[O-])c2)cc1C(F)(F)F.CC(=O)OCc1ccc(N)cc1C(F)(F)F.CC(=O)OCc1ccc([N+](=O)[O-])cc1C(F)(F)F.O=[N+]([O-])c1ccc(CBr)c(C(F)(F)F)c1. The van der Waals surface area contributed by atoms with Gasteiger partial charge < -0.3 is 30.4 Å². The maximum atomic E-state index is 13.3. The van der Waals surface area contributed by atoms with Crippen molar-refractivity contribution in [1.82, 2.24) is 0 Å². The van der Waals surface area contributed by atoms with Crippen LogP contribution in [-0.4, -0.2) is 50.2 Å². The summed E-state index contributed by atoms with van der Waals surface area (Å²) in [5, 5.41) is 31.7. The largest absolute Gasteiger partial charge is 0.461 e. The van der Waals surface area contributed by atoms with Gasteiger partial charge in [-0.05, 0) is 72.5 Å². The smallest absolute Gasteiger partial charge is 0.417 e. The Labute approximate surface area is 581 Å². The molecule has 4 N–H and O–H groups in total. The Morgan fingerprint density at radius 3 is 1.01 bits per heavy atom. The number of nitro benzene ring substituents is 3. The third-order valence-corrected chi connectivity index (χ3v) is 14.1. The molecule has 0 aromatic heterocycles. The number of nitro groups is 3. The number of ether oxygens (including phenoxy) is 4. The first-order valence-corrected chi connectivity index (χ1v) is 29.9. The number of benzene rings is 7. The number of non-ortho nitro benzene ring substituents is 2. The summed E-state index contributed by atoms with van der Waals surface area (Å²) in [5.74, 6) is -3.64. The van der Waals surface area contributed by atoms with E-state index in [0.717, 1.165) is 87.9 Å². The topological polar surface area (TPSA) is 321 Å². The van der Waals surface area contributed by atoms with Crippen LogP contribution in [0.15, 0.2) is 127 Å². The van der Waals surface area contributed by atoms with E-state index in [1.54, 1.807) is 19.1 Å². The average Bonchev–Trinajstić information content (AvgIpc) is 0.834. The van der Waals surface area contributed by atoms with Gasteiger partial charge in [0.1, 0.15) is 26.4 Å². The van der Waals surface area contributed by atoms with E-state index in [1.165, 1.54) is 55.5 Å². The quantitative estimate of drug-likeness (QED) is 0.0118. The predicted molar refractivity (Wildman–Crippen MR) is 339 cm³/mol. The molecule has 0 aliphatic carbocycles. The first-order chi connectivity index (χ1) is 47.4. The molecule has 0 atom stereocenters. The van der Waals surface area contributed by atoms with E-state index in [-0.39, 0.29) is 79.8 Å². The summed E-state index contributed by atoms with van der Waals surface area (Å²) < 4.78 is 211. The van der Waals surface area contributed by atoms with Crippen molar-refractivity contribution in [2.45, 2.75) is 117 Å². The van der Waals surface area contributed by atoms with E-state index in [9.17, 15) is 125 Å². The molecule has 0 heterocycles. The Balaban J connectivity index is 0.000000342. The molecule has 0 radical (unpaired) electrons. The highest BCUT2D eigenvalue weighted by atomic mass is 79.9. The molecule has 0 fully saturated rings. The zero-order chi connectivity index (χ0) is 78.4. The molecule has 0 bridgehead atoms. The number of Topliss-reactive ketones (excluding diaryl/α,β-unsaturated/α-hetero) is 2. The number of esters is 4. The fraction of sp³-hybridized carbons (Fsp3) is 0.273. The van der Waals surface area contributed by atoms with Crippen molar-refractivity contribution in [2.75, 3.05) is 11.5 Å². The van der Waals surface area contributed by atoms with E-state index in [2.05, 4.69) is 34.9 Å². The maximum Gasteiger partial charge on any atom is 0.417 e. The predicted octanol–water partition coefficient (Wildman–Crippen LogP) is 17.0. The minimum atomic E-state index is -4.75. The standard InChI is InChI=1S/C19H16F3NO5.C19H18F3NO3.C10H8F3NO4.C10H10F3NO2.C8H5BrF3NO2/c1-11-3-5-14(9-17(11)23(26)27)18(25)8-13-4-6-15(10-28-12(2)24)16(7-13)19(20,21)22;1-11-3-5-14(9-17(11)23)18(25)8-13-4-6-15(10-26-12(2)24)16(7-13)19(20,21)22;1-6(15)18-5-7-2-3-8(14(16)17)4-9(7)10(11,12)13;1-6(15)16-5-7-2-3-8(14)4-9(7)10(11,12)13;9-4-5-1-2-6(13(14)15)3-7(5)8(10,11)12/h3-7,9H,8,10H2,1-2H3;3-7,9H,8,10,23H2,1-2H3;2-4H,5H2,1H3;2-4H,5,14H2,1H3;1-3H,4H2. The normalized spacial score (nSPS) is 11.2. The first kappa shape index (κ1) is 86.2. The molecule has 7 aromatic rings. The van der Waals surface area contributed by atoms with E-state index in [4.69, 9.17) is 11.5 Å². The lowest BCUT2D eigenvalue weighted by atomic mass is 9.97. The highest BCUT2D eigenvalue weighted by molar-refractivity contribution is 9.08. The lowest BCUT2D eigenvalue weighted by molar-refractivity contribution is -0.385. The molecule has 21 nitrogen and oxygen atoms in total. The van der Waals surface area contributed by atoms with E-state index >= 15 is 0 Å². The molecule has 0 unspecified atom stereocenters. The molecule has 0 amide bonds. The van der Waals surface area contributed by atoms with Crippen molar-refractivity contribution in [3.63, 3.8) is 0 Å². The van der Waals surface area contributed by atoms with Gasteiger partial charge >= 0.3 is 54.8 Å². The summed E-state index contributed by atoms with van der Waals surface area (Å²) in [5.41, 5.74) is 6.07. The van der Waals surface area contributed by atoms with Crippen LogP contribution in [-0.2, 0) is 114 Å². The molecule has 0 aliphatic rings. The monoisotopic (exact) mass is 1540 g/mol. The molecule has 554 valence electrons. The number of hydrogen-bond donors (Lipinski definition) is 2. The molecule has 0 saturated heterocycles. The van der Waals surface area contributed by atoms with Crippen LogP contribution in [0, 0.1) is 44.2 Å². The lowest BCUT2D eigenvalue weighted by Crippen LogP contribution is -2.13. The molecular weight excluding hydrogens is 1480 g/mol. The van der Waals surface area contributed by atoms with E-state index in [0.29, 0.717) is 28.9 Å². The molecule has 7 aromatic carbocycles. The number of hydrogen-bond acceptors (Lipinski definition) is 18. The van der Waals surface area contributed by atoms with E-state index in [1.807, 2.05) is 0 Å². The lowest BCUT2D eigenvalue weighted by Gasteiger charge is -2.14. The zero-order valence-electron chi connectivity index (χ0n) is 54.1. The third kappa shape index (κ3) is 28.2. The third-order valence-electron chi connectivity index (χ3n) is 13.5. The second kappa shape index (κ2) is 37.1. The van der Waals surface area contributed by atoms with Crippen molar-refractivity contribution in [3.8, 4) is 0 Å². The van der Waals surface area contributed by atoms with Gasteiger partial charge in [0.05, 0.1) is 42.6 Å². The number of aryl methyl sites for hydroxylation is 2. The summed E-state index contributed by atoms with van der Waals surface area (Å²) in [4.78, 5) is 96.8. The fourth-order valence-electron chi connectivity index (χ4n) is 8.44. The first-order valence-electron chi connectivity index (χ1n) is 28.7. The van der Waals surface area contributed by atoms with Crippen molar-refractivity contribution in [2.24, 2.45) is 0 Å². The minimum Gasteiger partial charge on any atom is -0.461 e. The van der Waals surface area contributed by atoms with Crippen LogP contribution in [0.3, 0.4) is 0 Å². The van der Waals surface area contributed by atoms with Gasteiger partial charge in [-0.2, -0.15) is 65.9 Å². The molecule has 37 heteroatoms. The van der Waals surface area contributed by atoms with Gasteiger partial charge in [0.25, 0.3) is 17.1 Å². The van der Waals surface area contributed by atoms with Crippen LogP contribution in [0.2, 0.25) is 0 Å². The number of rotatable bonds is 18. The number of carbonyl (C=O) groups is 6. The Morgan fingerprint density at radius 1 is 0.388 bits per heavy atom. The highest BCUT2D eigenvalue weighted by Gasteiger charge is 2.38. The van der Waals surface area contributed by atoms with Gasteiger partial charge in [-0.3, -0.25) is 59.1 Å². The Bertz CT molecular complexity index is 4280. The van der Waals surface area contributed by atoms with Crippen LogP contribution < -0.4 is 11.5 Å². The summed E-state index contributed by atoms with van der Waals surface area (Å²) in [6.45, 7) is 5.69. The van der Waals surface area contributed by atoms with E-state index < -0.39 is 141 Å². The number of carbonyl (C=O) groups excluding carboxylic acids is 6. The fourth-order valence-corrected chi connectivity index (χ4v) is 8.93. The van der Waals surface area contributed by atoms with Crippen molar-refractivity contribution >= 4 is 79.8 Å². The van der Waals surface area contributed by atoms with Gasteiger partial charge in [0.15, 0.2) is 11.6 Å². The molecule has 0 saturated carbocycles. The molecule has 7 rings (SSSR count). The summed E-state index contributed by atoms with van der Waals surface area (Å²) in [6.07, 6.45) is -23.7. The van der Waals surface area contributed by atoms with Gasteiger partial charge in [0.2, 0.25) is 0 Å².